The normalized spacial score (nSPS) is 16.3. The Bertz CT molecular complexity index is 1240. The second-order valence-corrected chi connectivity index (χ2v) is 7.99. The molecule has 0 saturated carbocycles. The van der Waals surface area contributed by atoms with Gasteiger partial charge in [0.2, 0.25) is 0 Å². The third-order valence-corrected chi connectivity index (χ3v) is 5.40. The van der Waals surface area contributed by atoms with Crippen molar-refractivity contribution in [1.29, 1.82) is 0 Å². The number of nitrogens with one attached hydrogen (secondary N) is 1. The van der Waals surface area contributed by atoms with Crippen LogP contribution in [0.1, 0.15) is 5.76 Å². The van der Waals surface area contributed by atoms with Crippen molar-refractivity contribution in [3.05, 3.63) is 85.4 Å². The molecule has 3 aromatic rings. The minimum absolute atomic E-state index is 0.0923. The van der Waals surface area contributed by atoms with Gasteiger partial charge in [-0.05, 0) is 48.2 Å². The number of carbonyl (C=O) groups is 1. The molecule has 0 radical (unpaired) electrons. The van der Waals surface area contributed by atoms with E-state index in [1.165, 1.54) is 18.2 Å². The summed E-state index contributed by atoms with van der Waals surface area (Å²) in [7, 11) is 0. The Morgan fingerprint density at radius 1 is 1.10 bits per heavy atom. The molecular weight excluding hydrogens is 449 g/mol. The van der Waals surface area contributed by atoms with E-state index in [0.717, 1.165) is 17.3 Å². The zero-order valence-electron chi connectivity index (χ0n) is 15.0. The summed E-state index contributed by atoms with van der Waals surface area (Å²) in [6, 6.07) is 14.9. The number of hydrogen-bond acceptors (Lipinski definition) is 6. The number of nitro groups is 1. The monoisotopic (exact) mass is 459 g/mol. The van der Waals surface area contributed by atoms with Gasteiger partial charge in [0, 0.05) is 27.8 Å². The molecule has 1 amide bonds. The number of hydrogen-bond donors (Lipinski definition) is 1. The number of nitrogens with zero attached hydrogens (tertiary/aromatic N) is 2. The van der Waals surface area contributed by atoms with Gasteiger partial charge in [0.15, 0.2) is 5.17 Å². The van der Waals surface area contributed by atoms with E-state index in [2.05, 4.69) is 10.3 Å². The molecule has 2 heterocycles. The molecule has 1 aliphatic rings. The third kappa shape index (κ3) is 4.40. The van der Waals surface area contributed by atoms with E-state index in [-0.39, 0.29) is 27.5 Å². The van der Waals surface area contributed by atoms with E-state index in [1.54, 1.807) is 30.3 Å². The van der Waals surface area contributed by atoms with E-state index in [1.807, 2.05) is 12.1 Å². The lowest BCUT2D eigenvalue weighted by molar-refractivity contribution is -0.384. The van der Waals surface area contributed by atoms with E-state index in [9.17, 15) is 14.9 Å². The Labute approximate surface area is 184 Å². The second-order valence-electron chi connectivity index (χ2n) is 6.08. The number of carbonyl (C=O) groups excluding carboxylic acids is 1. The molecule has 30 heavy (non-hydrogen) atoms. The van der Waals surface area contributed by atoms with E-state index in [4.69, 9.17) is 27.6 Å². The van der Waals surface area contributed by atoms with Crippen LogP contribution in [0.3, 0.4) is 0 Å². The fraction of sp³-hybridized carbons (Fsp3) is 0. The summed E-state index contributed by atoms with van der Waals surface area (Å²) in [4.78, 5) is 27.4. The second kappa shape index (κ2) is 8.35. The number of furan rings is 1. The standard InChI is InChI=1S/C20H11Cl2N3O4S/c21-12-3-1-2-11(8-12)17-7-5-14(29-17)10-18-19(26)24-20(30-18)23-15-6-4-13(22)9-16(15)25(27)28/h1-10H,(H,23,24,26)/b18-10+. The van der Waals surface area contributed by atoms with Crippen molar-refractivity contribution in [1.82, 2.24) is 5.32 Å². The van der Waals surface area contributed by atoms with Crippen molar-refractivity contribution >= 4 is 63.5 Å². The van der Waals surface area contributed by atoms with Crippen molar-refractivity contribution < 1.29 is 14.1 Å². The molecule has 1 aliphatic heterocycles. The number of thioether (sulfide) groups is 1. The van der Waals surface area contributed by atoms with Gasteiger partial charge in [-0.2, -0.15) is 0 Å². The van der Waals surface area contributed by atoms with Gasteiger partial charge in [-0.25, -0.2) is 4.99 Å². The SMILES string of the molecule is O=C1NC(=Nc2ccc(Cl)cc2[N+](=O)[O-])S/C1=C/c1ccc(-c2cccc(Cl)c2)o1. The first kappa shape index (κ1) is 20.2. The number of amides is 1. The zero-order chi connectivity index (χ0) is 21.3. The van der Waals surface area contributed by atoms with Crippen LogP contribution in [0.15, 0.2) is 68.9 Å². The molecule has 0 unspecified atom stereocenters. The molecule has 1 N–H and O–H groups in total. The molecule has 1 aromatic heterocycles. The maximum Gasteiger partial charge on any atom is 0.296 e. The first-order valence-corrected chi connectivity index (χ1v) is 10.1. The highest BCUT2D eigenvalue weighted by molar-refractivity contribution is 8.18. The van der Waals surface area contributed by atoms with Crippen LogP contribution < -0.4 is 5.32 Å². The molecule has 4 rings (SSSR count). The van der Waals surface area contributed by atoms with E-state index in [0.29, 0.717) is 21.4 Å². The molecular formula is C20H11Cl2N3O4S. The Balaban J connectivity index is 1.58. The molecule has 0 spiro atoms. The summed E-state index contributed by atoms with van der Waals surface area (Å²) in [5, 5.41) is 14.8. The predicted octanol–water partition coefficient (Wildman–Crippen LogP) is 6.05. The third-order valence-electron chi connectivity index (χ3n) is 4.02. The van der Waals surface area contributed by atoms with Crippen LogP contribution in [-0.2, 0) is 4.79 Å². The van der Waals surface area contributed by atoms with Gasteiger partial charge in [-0.1, -0.05) is 35.3 Å². The van der Waals surface area contributed by atoms with Crippen LogP contribution in [-0.4, -0.2) is 16.0 Å². The number of rotatable bonds is 4. The first-order chi connectivity index (χ1) is 14.4. The van der Waals surface area contributed by atoms with Gasteiger partial charge in [0.1, 0.15) is 17.2 Å². The van der Waals surface area contributed by atoms with E-state index >= 15 is 0 Å². The average molecular weight is 460 g/mol. The number of halogens is 2. The van der Waals surface area contributed by atoms with Gasteiger partial charge in [-0.15, -0.1) is 0 Å². The van der Waals surface area contributed by atoms with Crippen molar-refractivity contribution in [3.63, 3.8) is 0 Å². The average Bonchev–Trinajstić information content (AvgIpc) is 3.30. The van der Waals surface area contributed by atoms with Gasteiger partial charge >= 0.3 is 0 Å². The Kier molecular flexibility index (Phi) is 5.63. The maximum absolute atomic E-state index is 12.3. The summed E-state index contributed by atoms with van der Waals surface area (Å²) in [5.74, 6) is 0.704. The van der Waals surface area contributed by atoms with Crippen LogP contribution in [0.4, 0.5) is 11.4 Å². The Morgan fingerprint density at radius 2 is 1.90 bits per heavy atom. The quantitative estimate of drug-likeness (QED) is 0.290. The molecule has 7 nitrogen and oxygen atoms in total. The zero-order valence-corrected chi connectivity index (χ0v) is 17.3. The number of amidine groups is 1. The summed E-state index contributed by atoms with van der Waals surface area (Å²) in [6.07, 6.45) is 1.58. The number of nitro benzene ring substituents is 1. The van der Waals surface area contributed by atoms with Crippen molar-refractivity contribution in [2.45, 2.75) is 0 Å². The summed E-state index contributed by atoms with van der Waals surface area (Å²) < 4.78 is 5.78. The van der Waals surface area contributed by atoms with E-state index < -0.39 is 4.92 Å². The highest BCUT2D eigenvalue weighted by Gasteiger charge is 2.25. The molecule has 0 bridgehead atoms. The molecule has 1 fully saturated rings. The highest BCUT2D eigenvalue weighted by atomic mass is 35.5. The summed E-state index contributed by atoms with van der Waals surface area (Å²) in [6.45, 7) is 0. The van der Waals surface area contributed by atoms with Crippen LogP contribution >= 0.6 is 35.0 Å². The van der Waals surface area contributed by atoms with Crippen molar-refractivity contribution in [2.75, 3.05) is 0 Å². The molecule has 0 aliphatic carbocycles. The lowest BCUT2D eigenvalue weighted by Crippen LogP contribution is -2.19. The van der Waals surface area contributed by atoms with Crippen LogP contribution in [0.2, 0.25) is 10.0 Å². The van der Waals surface area contributed by atoms with Crippen LogP contribution in [0.5, 0.6) is 0 Å². The minimum Gasteiger partial charge on any atom is -0.457 e. The maximum atomic E-state index is 12.3. The lowest BCUT2D eigenvalue weighted by Gasteiger charge is -1.99. The molecule has 1 saturated heterocycles. The molecule has 2 aromatic carbocycles. The largest absolute Gasteiger partial charge is 0.457 e. The fourth-order valence-electron chi connectivity index (χ4n) is 2.68. The number of aliphatic imine (C=N–C) groups is 1. The molecule has 10 heteroatoms. The Hall–Kier alpha value is -3.07. The summed E-state index contributed by atoms with van der Waals surface area (Å²) >= 11 is 12.9. The van der Waals surface area contributed by atoms with Gasteiger partial charge < -0.3 is 9.73 Å². The van der Waals surface area contributed by atoms with Gasteiger partial charge in [0.25, 0.3) is 11.6 Å². The van der Waals surface area contributed by atoms with Gasteiger partial charge in [-0.3, -0.25) is 14.9 Å². The highest BCUT2D eigenvalue weighted by Crippen LogP contribution is 2.34. The lowest BCUT2D eigenvalue weighted by atomic mass is 10.2. The minimum atomic E-state index is -0.580. The van der Waals surface area contributed by atoms with Crippen molar-refractivity contribution in [3.8, 4) is 11.3 Å². The smallest absolute Gasteiger partial charge is 0.296 e. The van der Waals surface area contributed by atoms with Crippen LogP contribution in [0, 0.1) is 10.1 Å². The molecule has 150 valence electrons. The number of benzene rings is 2. The Morgan fingerprint density at radius 3 is 2.67 bits per heavy atom. The van der Waals surface area contributed by atoms with Crippen LogP contribution in [0.25, 0.3) is 17.4 Å². The summed E-state index contributed by atoms with van der Waals surface area (Å²) in [5.41, 5.74) is 0.655. The van der Waals surface area contributed by atoms with Gasteiger partial charge in [0.05, 0.1) is 9.83 Å². The molecule has 0 atom stereocenters. The first-order valence-electron chi connectivity index (χ1n) is 8.48. The van der Waals surface area contributed by atoms with Crippen molar-refractivity contribution in [2.24, 2.45) is 4.99 Å². The fourth-order valence-corrected chi connectivity index (χ4v) is 3.86. The predicted molar refractivity (Wildman–Crippen MR) is 118 cm³/mol. The topological polar surface area (TPSA) is 97.7 Å².